The van der Waals surface area contributed by atoms with Crippen molar-refractivity contribution in [1.82, 2.24) is 9.78 Å². The van der Waals surface area contributed by atoms with Gasteiger partial charge in [0.05, 0.1) is 19.3 Å². The molecule has 0 aliphatic heterocycles. The molecular formula is C10H12N4O2. The minimum atomic E-state index is -0.335. The van der Waals surface area contributed by atoms with Gasteiger partial charge in [-0.3, -0.25) is 4.79 Å². The van der Waals surface area contributed by atoms with Gasteiger partial charge in [0, 0.05) is 0 Å². The van der Waals surface area contributed by atoms with Crippen LogP contribution in [0.4, 0.5) is 5.82 Å². The third-order valence-corrected chi connectivity index (χ3v) is 1.83. The fourth-order valence-electron chi connectivity index (χ4n) is 1.17. The largest absolute Gasteiger partial charge is 0.394 e. The van der Waals surface area contributed by atoms with Crippen molar-refractivity contribution in [3.05, 3.63) is 23.9 Å². The summed E-state index contributed by atoms with van der Waals surface area (Å²) in [6, 6.07) is 1.92. The van der Waals surface area contributed by atoms with Crippen molar-refractivity contribution in [2.75, 3.05) is 11.9 Å². The van der Waals surface area contributed by atoms with Crippen LogP contribution in [0.25, 0.3) is 0 Å². The highest BCUT2D eigenvalue weighted by Crippen LogP contribution is 2.13. The first-order chi connectivity index (χ1) is 7.72. The number of hydrogen-bond donors (Lipinski definition) is 2. The number of aliphatic hydroxyl groups excluding tert-OH is 1. The highest BCUT2D eigenvalue weighted by atomic mass is 16.3. The number of allylic oxidation sites excluding steroid dienone is 1. The van der Waals surface area contributed by atoms with E-state index in [1.54, 1.807) is 13.0 Å². The van der Waals surface area contributed by atoms with Crippen molar-refractivity contribution in [1.29, 1.82) is 5.26 Å². The van der Waals surface area contributed by atoms with Crippen molar-refractivity contribution in [2.24, 2.45) is 0 Å². The first-order valence-electron chi connectivity index (χ1n) is 4.73. The fraction of sp³-hybridized carbons (Fsp3) is 0.300. The third kappa shape index (κ3) is 2.68. The fourth-order valence-corrected chi connectivity index (χ4v) is 1.17. The minimum absolute atomic E-state index is 0.112. The molecule has 0 aliphatic rings. The summed E-state index contributed by atoms with van der Waals surface area (Å²) in [7, 11) is 0. The lowest BCUT2D eigenvalue weighted by Gasteiger charge is -2.06. The topological polar surface area (TPSA) is 90.9 Å². The van der Waals surface area contributed by atoms with Gasteiger partial charge in [-0.15, -0.1) is 0 Å². The van der Waals surface area contributed by atoms with Crippen LogP contribution in [0.1, 0.15) is 12.5 Å². The molecule has 6 nitrogen and oxygen atoms in total. The molecule has 0 fully saturated rings. The van der Waals surface area contributed by atoms with Gasteiger partial charge in [0.15, 0.2) is 0 Å². The SMILES string of the molecule is C/C=C/C(=O)Nc1c(C#N)cnn1CCO. The van der Waals surface area contributed by atoms with E-state index in [1.165, 1.54) is 17.0 Å². The Hall–Kier alpha value is -2.13. The number of aliphatic hydroxyl groups is 1. The maximum Gasteiger partial charge on any atom is 0.249 e. The Morgan fingerprint density at radius 1 is 1.81 bits per heavy atom. The van der Waals surface area contributed by atoms with Crippen LogP contribution < -0.4 is 5.32 Å². The Balaban J connectivity index is 2.95. The first kappa shape index (κ1) is 11.9. The van der Waals surface area contributed by atoms with Crippen LogP contribution >= 0.6 is 0 Å². The van der Waals surface area contributed by atoms with Gasteiger partial charge >= 0.3 is 0 Å². The van der Waals surface area contributed by atoms with E-state index in [1.807, 2.05) is 6.07 Å². The lowest BCUT2D eigenvalue weighted by Crippen LogP contribution is -2.15. The van der Waals surface area contributed by atoms with Gasteiger partial charge in [-0.2, -0.15) is 10.4 Å². The molecule has 0 saturated heterocycles. The van der Waals surface area contributed by atoms with Crippen LogP contribution in [-0.2, 0) is 11.3 Å². The number of rotatable bonds is 4. The number of carbonyl (C=O) groups is 1. The van der Waals surface area contributed by atoms with Gasteiger partial charge in [-0.25, -0.2) is 4.68 Å². The number of aromatic nitrogens is 2. The predicted molar refractivity (Wildman–Crippen MR) is 57.5 cm³/mol. The molecule has 0 radical (unpaired) electrons. The Kier molecular flexibility index (Phi) is 4.24. The first-order valence-corrected chi connectivity index (χ1v) is 4.73. The summed E-state index contributed by atoms with van der Waals surface area (Å²) >= 11 is 0. The van der Waals surface area contributed by atoms with E-state index in [2.05, 4.69) is 10.4 Å². The van der Waals surface area contributed by atoms with Crippen LogP contribution in [0, 0.1) is 11.3 Å². The second kappa shape index (κ2) is 5.68. The van der Waals surface area contributed by atoms with Gasteiger partial charge < -0.3 is 10.4 Å². The number of nitrogens with zero attached hydrogens (tertiary/aromatic N) is 3. The average molecular weight is 220 g/mol. The molecule has 6 heteroatoms. The number of nitrogens with one attached hydrogen (secondary N) is 1. The molecule has 1 aromatic heterocycles. The van der Waals surface area contributed by atoms with Gasteiger partial charge in [0.25, 0.3) is 0 Å². The van der Waals surface area contributed by atoms with Crippen molar-refractivity contribution >= 4 is 11.7 Å². The Labute approximate surface area is 92.8 Å². The molecular weight excluding hydrogens is 208 g/mol. The third-order valence-electron chi connectivity index (χ3n) is 1.83. The van der Waals surface area contributed by atoms with E-state index in [4.69, 9.17) is 10.4 Å². The number of anilines is 1. The molecule has 1 rings (SSSR count). The zero-order valence-electron chi connectivity index (χ0n) is 8.84. The molecule has 1 amide bonds. The normalized spacial score (nSPS) is 10.3. The van der Waals surface area contributed by atoms with Crippen LogP contribution in [0.3, 0.4) is 0 Å². The molecule has 0 unspecified atom stereocenters. The average Bonchev–Trinajstić information content (AvgIpc) is 2.62. The number of nitriles is 1. The summed E-state index contributed by atoms with van der Waals surface area (Å²) in [5.74, 6) is -0.0293. The molecule has 0 saturated carbocycles. The van der Waals surface area contributed by atoms with E-state index in [-0.39, 0.29) is 24.6 Å². The Bertz CT molecular complexity index is 442. The summed E-state index contributed by atoms with van der Waals surface area (Å²) in [6.45, 7) is 1.84. The highest BCUT2D eigenvalue weighted by molar-refractivity contribution is 5.99. The highest BCUT2D eigenvalue weighted by Gasteiger charge is 2.11. The zero-order chi connectivity index (χ0) is 12.0. The van der Waals surface area contributed by atoms with Gasteiger partial charge in [0.1, 0.15) is 17.5 Å². The van der Waals surface area contributed by atoms with Crippen LogP contribution in [-0.4, -0.2) is 27.4 Å². The van der Waals surface area contributed by atoms with Crippen molar-refractivity contribution in [2.45, 2.75) is 13.5 Å². The minimum Gasteiger partial charge on any atom is -0.394 e. The predicted octanol–water partition coefficient (Wildman–Crippen LogP) is 0.262. The summed E-state index contributed by atoms with van der Waals surface area (Å²) in [5.41, 5.74) is 0.270. The van der Waals surface area contributed by atoms with Crippen molar-refractivity contribution < 1.29 is 9.90 Å². The summed E-state index contributed by atoms with van der Waals surface area (Å²) in [4.78, 5) is 11.3. The summed E-state index contributed by atoms with van der Waals surface area (Å²) in [6.07, 6.45) is 4.28. The molecule has 84 valence electrons. The maximum atomic E-state index is 11.3. The summed E-state index contributed by atoms with van der Waals surface area (Å²) < 4.78 is 1.37. The van der Waals surface area contributed by atoms with Gasteiger partial charge in [-0.1, -0.05) is 6.08 Å². The number of carbonyl (C=O) groups excluding carboxylic acids is 1. The molecule has 0 bridgehead atoms. The van der Waals surface area contributed by atoms with Gasteiger partial charge in [-0.05, 0) is 13.0 Å². The zero-order valence-corrected chi connectivity index (χ0v) is 8.84. The van der Waals surface area contributed by atoms with Crippen molar-refractivity contribution in [3.63, 3.8) is 0 Å². The number of amides is 1. The van der Waals surface area contributed by atoms with Crippen LogP contribution in [0.5, 0.6) is 0 Å². The van der Waals surface area contributed by atoms with E-state index in [9.17, 15) is 4.79 Å². The molecule has 2 N–H and O–H groups in total. The van der Waals surface area contributed by atoms with Crippen LogP contribution in [0.2, 0.25) is 0 Å². The summed E-state index contributed by atoms with van der Waals surface area (Å²) in [5, 5.41) is 24.0. The lowest BCUT2D eigenvalue weighted by atomic mass is 10.3. The molecule has 1 heterocycles. The molecule has 0 aliphatic carbocycles. The van der Waals surface area contributed by atoms with Crippen LogP contribution in [0.15, 0.2) is 18.3 Å². The quantitative estimate of drug-likeness (QED) is 0.712. The van der Waals surface area contributed by atoms with E-state index >= 15 is 0 Å². The lowest BCUT2D eigenvalue weighted by molar-refractivity contribution is -0.112. The smallest absolute Gasteiger partial charge is 0.249 e. The number of hydrogen-bond acceptors (Lipinski definition) is 4. The Morgan fingerprint density at radius 2 is 2.56 bits per heavy atom. The van der Waals surface area contributed by atoms with Crippen molar-refractivity contribution in [3.8, 4) is 6.07 Å². The van der Waals surface area contributed by atoms with E-state index in [0.29, 0.717) is 5.82 Å². The molecule has 0 aromatic carbocycles. The van der Waals surface area contributed by atoms with E-state index in [0.717, 1.165) is 0 Å². The molecule has 1 aromatic rings. The monoisotopic (exact) mass is 220 g/mol. The van der Waals surface area contributed by atoms with Gasteiger partial charge in [0.2, 0.25) is 5.91 Å². The van der Waals surface area contributed by atoms with E-state index < -0.39 is 0 Å². The standard InChI is InChI=1S/C10H12N4O2/c1-2-3-9(16)13-10-8(6-11)7-12-14(10)4-5-15/h2-3,7,15H,4-5H2,1H3,(H,13,16)/b3-2+. The molecule has 16 heavy (non-hydrogen) atoms. The maximum absolute atomic E-state index is 11.3. The Morgan fingerprint density at radius 3 is 3.12 bits per heavy atom. The second-order valence-electron chi connectivity index (χ2n) is 2.95. The second-order valence-corrected chi connectivity index (χ2v) is 2.95. The molecule has 0 atom stereocenters. The molecule has 0 spiro atoms.